The van der Waals surface area contributed by atoms with Crippen LogP contribution in [0.1, 0.15) is 13.8 Å². The van der Waals surface area contributed by atoms with Gasteiger partial charge in [-0.3, -0.25) is 0 Å². The van der Waals surface area contributed by atoms with Crippen molar-refractivity contribution in [1.29, 1.82) is 0 Å². The average molecular weight is 364 g/mol. The third-order valence-corrected chi connectivity index (χ3v) is 4.30. The number of ether oxygens (including phenoxy) is 3. The maximum atomic E-state index is 10.2. The van der Waals surface area contributed by atoms with E-state index in [9.17, 15) is 20.4 Å². The van der Waals surface area contributed by atoms with E-state index in [1.165, 1.54) is 0 Å². The molecule has 4 N–H and O–H groups in total. The molecule has 0 radical (unpaired) electrons. The Hall–Kier alpha value is -1.90. The summed E-state index contributed by atoms with van der Waals surface area (Å²) in [6.45, 7) is 3.37. The van der Waals surface area contributed by atoms with Gasteiger partial charge in [-0.05, 0) is 26.0 Å². The fraction of sp³-hybridized carbons (Fsp3) is 0.474. The summed E-state index contributed by atoms with van der Waals surface area (Å²) in [5.41, 5.74) is 0. The van der Waals surface area contributed by atoms with E-state index in [0.717, 1.165) is 10.8 Å². The summed E-state index contributed by atoms with van der Waals surface area (Å²) in [5.74, 6) is 1.14. The van der Waals surface area contributed by atoms with Gasteiger partial charge in [-0.2, -0.15) is 0 Å². The molecule has 2 aromatic rings. The number of fused-ring (bicyclic) bond motifs is 1. The van der Waals surface area contributed by atoms with Gasteiger partial charge < -0.3 is 34.6 Å². The molecule has 1 saturated heterocycles. The highest BCUT2D eigenvalue weighted by Crippen LogP contribution is 2.35. The molecule has 2 aromatic carbocycles. The largest absolute Gasteiger partial charge is 0.490 e. The Morgan fingerprint density at radius 3 is 2.15 bits per heavy atom. The first-order chi connectivity index (χ1) is 12.4. The van der Waals surface area contributed by atoms with Crippen LogP contribution in [0.15, 0.2) is 36.4 Å². The predicted molar refractivity (Wildman–Crippen MR) is 94.1 cm³/mol. The smallest absolute Gasteiger partial charge is 0.229 e. The van der Waals surface area contributed by atoms with E-state index in [2.05, 4.69) is 0 Å². The zero-order valence-electron chi connectivity index (χ0n) is 14.6. The summed E-state index contributed by atoms with van der Waals surface area (Å²) in [7, 11) is 0. The summed E-state index contributed by atoms with van der Waals surface area (Å²) in [6.07, 6.45) is -6.61. The molecule has 26 heavy (non-hydrogen) atoms. The molecule has 0 spiro atoms. The first kappa shape index (κ1) is 18.9. The average Bonchev–Trinajstić information content (AvgIpc) is 2.63. The molecule has 1 heterocycles. The van der Waals surface area contributed by atoms with Crippen molar-refractivity contribution < 1.29 is 34.6 Å². The first-order valence-electron chi connectivity index (χ1n) is 8.58. The zero-order valence-corrected chi connectivity index (χ0v) is 14.6. The van der Waals surface area contributed by atoms with Gasteiger partial charge >= 0.3 is 0 Å². The molecule has 7 heteroatoms. The van der Waals surface area contributed by atoms with E-state index in [-0.39, 0.29) is 6.10 Å². The van der Waals surface area contributed by atoms with Gasteiger partial charge in [0.1, 0.15) is 35.9 Å². The quantitative estimate of drug-likeness (QED) is 0.622. The lowest BCUT2D eigenvalue weighted by atomic mass is 9.99. The van der Waals surface area contributed by atoms with Crippen molar-refractivity contribution in [2.75, 3.05) is 6.61 Å². The predicted octanol–water partition coefficient (Wildman–Crippen LogP) is 0.806. The minimum absolute atomic E-state index is 0.00983. The van der Waals surface area contributed by atoms with Gasteiger partial charge in [-0.25, -0.2) is 0 Å². The van der Waals surface area contributed by atoms with E-state index < -0.39 is 37.3 Å². The van der Waals surface area contributed by atoms with Crippen LogP contribution in [0.5, 0.6) is 11.5 Å². The third-order valence-electron chi connectivity index (χ3n) is 4.30. The highest BCUT2D eigenvalue weighted by molar-refractivity contribution is 5.93. The zero-order chi connectivity index (χ0) is 18.8. The summed E-state index contributed by atoms with van der Waals surface area (Å²) in [4.78, 5) is 0. The van der Waals surface area contributed by atoms with Gasteiger partial charge in [-0.15, -0.1) is 0 Å². The maximum Gasteiger partial charge on any atom is 0.229 e. The minimum Gasteiger partial charge on any atom is -0.490 e. The normalized spacial score (nSPS) is 29.1. The second-order valence-corrected chi connectivity index (χ2v) is 6.59. The number of hydrogen-bond acceptors (Lipinski definition) is 7. The molecule has 0 bridgehead atoms. The van der Waals surface area contributed by atoms with E-state index >= 15 is 0 Å². The summed E-state index contributed by atoms with van der Waals surface area (Å²) in [6, 6.07) is 10.9. The Morgan fingerprint density at radius 1 is 0.923 bits per heavy atom. The second kappa shape index (κ2) is 7.77. The SMILES string of the molecule is CC(C)Oc1ccc(O[C@@H]2O[C@H](CO)[C@H](O)[C@H](O)[C@H]2O)c2ccccc12. The molecular formula is C19H24O7. The molecular weight excluding hydrogens is 340 g/mol. The molecule has 1 fully saturated rings. The van der Waals surface area contributed by atoms with E-state index in [0.29, 0.717) is 11.5 Å². The minimum atomic E-state index is -1.49. The van der Waals surface area contributed by atoms with Crippen LogP contribution in [0.25, 0.3) is 10.8 Å². The molecule has 0 unspecified atom stereocenters. The van der Waals surface area contributed by atoms with Crippen molar-refractivity contribution in [3.8, 4) is 11.5 Å². The van der Waals surface area contributed by atoms with Crippen molar-refractivity contribution in [2.45, 2.75) is 50.7 Å². The van der Waals surface area contributed by atoms with Gasteiger partial charge in [0.2, 0.25) is 6.29 Å². The van der Waals surface area contributed by atoms with Crippen molar-refractivity contribution in [3.63, 3.8) is 0 Å². The lowest BCUT2D eigenvalue weighted by molar-refractivity contribution is -0.277. The van der Waals surface area contributed by atoms with Crippen LogP contribution in [-0.2, 0) is 4.74 Å². The molecule has 0 aliphatic carbocycles. The van der Waals surface area contributed by atoms with Crippen LogP contribution >= 0.6 is 0 Å². The van der Waals surface area contributed by atoms with Crippen LogP contribution < -0.4 is 9.47 Å². The fourth-order valence-corrected chi connectivity index (χ4v) is 2.99. The lowest BCUT2D eigenvalue weighted by Gasteiger charge is -2.39. The number of benzene rings is 2. The van der Waals surface area contributed by atoms with Crippen molar-refractivity contribution in [2.24, 2.45) is 0 Å². The molecule has 0 amide bonds. The second-order valence-electron chi connectivity index (χ2n) is 6.59. The number of aliphatic hydroxyl groups excluding tert-OH is 4. The summed E-state index contributed by atoms with van der Waals surface area (Å²) >= 11 is 0. The fourth-order valence-electron chi connectivity index (χ4n) is 2.99. The molecule has 1 aliphatic rings. The van der Waals surface area contributed by atoms with Gasteiger partial charge in [0, 0.05) is 10.8 Å². The van der Waals surface area contributed by atoms with E-state index in [1.54, 1.807) is 12.1 Å². The van der Waals surface area contributed by atoms with E-state index in [4.69, 9.17) is 14.2 Å². The third kappa shape index (κ3) is 3.62. The maximum absolute atomic E-state index is 10.2. The van der Waals surface area contributed by atoms with Crippen LogP contribution in [0.2, 0.25) is 0 Å². The Kier molecular flexibility index (Phi) is 5.64. The van der Waals surface area contributed by atoms with E-state index in [1.807, 2.05) is 38.1 Å². The molecule has 142 valence electrons. The van der Waals surface area contributed by atoms with Gasteiger partial charge in [-0.1, -0.05) is 24.3 Å². The van der Waals surface area contributed by atoms with Crippen molar-refractivity contribution >= 4 is 10.8 Å². The Bertz CT molecular complexity index is 746. The van der Waals surface area contributed by atoms with Crippen LogP contribution in [-0.4, -0.2) is 63.8 Å². The molecule has 3 rings (SSSR count). The number of rotatable bonds is 5. The van der Waals surface area contributed by atoms with Crippen LogP contribution in [0.4, 0.5) is 0 Å². The highest BCUT2D eigenvalue weighted by Gasteiger charge is 2.44. The molecule has 7 nitrogen and oxygen atoms in total. The standard InChI is InChI=1S/C19H24O7/c1-10(2)24-13-7-8-14(12-6-4-3-5-11(12)13)25-19-18(23)17(22)16(21)15(9-20)26-19/h3-8,10,15-23H,9H2,1-2H3/t15-,16+,17+,18-,19-/m1/s1. The Morgan fingerprint density at radius 2 is 1.54 bits per heavy atom. The lowest BCUT2D eigenvalue weighted by Crippen LogP contribution is -2.60. The monoisotopic (exact) mass is 364 g/mol. The topological polar surface area (TPSA) is 109 Å². The van der Waals surface area contributed by atoms with Gasteiger partial charge in [0.25, 0.3) is 0 Å². The number of hydrogen-bond donors (Lipinski definition) is 4. The van der Waals surface area contributed by atoms with Crippen molar-refractivity contribution in [3.05, 3.63) is 36.4 Å². The number of aliphatic hydroxyl groups is 4. The molecule has 0 saturated carbocycles. The van der Waals surface area contributed by atoms with Crippen molar-refractivity contribution in [1.82, 2.24) is 0 Å². The van der Waals surface area contributed by atoms with Gasteiger partial charge in [0.05, 0.1) is 12.7 Å². The first-order valence-corrected chi connectivity index (χ1v) is 8.58. The molecule has 0 aromatic heterocycles. The molecule has 1 aliphatic heterocycles. The summed E-state index contributed by atoms with van der Waals surface area (Å²) < 4.78 is 17.0. The summed E-state index contributed by atoms with van der Waals surface area (Å²) in [5, 5.41) is 40.8. The highest BCUT2D eigenvalue weighted by atomic mass is 16.7. The van der Waals surface area contributed by atoms with Crippen LogP contribution in [0, 0.1) is 0 Å². The molecule has 5 atom stereocenters. The van der Waals surface area contributed by atoms with Gasteiger partial charge in [0.15, 0.2) is 0 Å². The Balaban J connectivity index is 1.91. The van der Waals surface area contributed by atoms with Crippen LogP contribution in [0.3, 0.4) is 0 Å². The Labute approximate surface area is 151 Å².